The number of amides is 2. The van der Waals surface area contributed by atoms with Crippen LogP contribution in [0.1, 0.15) is 43.7 Å². The van der Waals surface area contributed by atoms with Gasteiger partial charge in [0.15, 0.2) is 0 Å². The molecule has 8 nitrogen and oxygen atoms in total. The molecule has 2 amide bonds. The third kappa shape index (κ3) is 7.42. The van der Waals surface area contributed by atoms with Crippen molar-refractivity contribution in [3.63, 3.8) is 0 Å². The van der Waals surface area contributed by atoms with Crippen LogP contribution in [0, 0.1) is 5.92 Å². The summed E-state index contributed by atoms with van der Waals surface area (Å²) in [7, 11) is -5.56. The first kappa shape index (κ1) is 29.1. The molecule has 4 rings (SSSR count). The van der Waals surface area contributed by atoms with Crippen LogP contribution < -0.4 is 14.4 Å². The van der Waals surface area contributed by atoms with Gasteiger partial charge in [0, 0.05) is 27.6 Å². The predicted octanol–water partition coefficient (Wildman–Crippen LogP) is 4.73. The molecule has 39 heavy (non-hydrogen) atoms. The van der Waals surface area contributed by atoms with Crippen molar-refractivity contribution in [2.75, 3.05) is 17.4 Å². The average molecular weight is 572 g/mol. The van der Waals surface area contributed by atoms with Crippen LogP contribution in [-0.2, 0) is 32.8 Å². The van der Waals surface area contributed by atoms with Crippen LogP contribution in [0.3, 0.4) is 0 Å². The molecule has 10 heteroatoms. The van der Waals surface area contributed by atoms with Crippen LogP contribution in [0.5, 0.6) is 5.75 Å². The minimum Gasteiger partial charge on any atom is -0.487 e. The van der Waals surface area contributed by atoms with Gasteiger partial charge in [-0.1, -0.05) is 68.9 Å². The van der Waals surface area contributed by atoms with E-state index in [2.05, 4.69) is 25.0 Å². The summed E-state index contributed by atoms with van der Waals surface area (Å²) in [6.45, 7) is 8.29. The SMILES string of the molecule is CC(=O)NC1CCCCC1Cc1ccc(N2CC(=O)N(CC[Si](C)(C)C)S2(=O)=O)c(OCc2ccccc2)c1. The first-order chi connectivity index (χ1) is 18.4. The molecular weight excluding hydrogens is 530 g/mol. The molecule has 1 aliphatic heterocycles. The summed E-state index contributed by atoms with van der Waals surface area (Å²) in [5, 5.41) is 3.11. The summed E-state index contributed by atoms with van der Waals surface area (Å²) in [5.74, 6) is 0.305. The molecule has 212 valence electrons. The fourth-order valence-electron chi connectivity index (χ4n) is 5.37. The van der Waals surface area contributed by atoms with Gasteiger partial charge in [-0.05, 0) is 54.5 Å². The molecule has 0 spiro atoms. The molecule has 2 aromatic carbocycles. The number of ether oxygens (including phenoxy) is 1. The van der Waals surface area contributed by atoms with E-state index in [-0.39, 0.29) is 31.6 Å². The summed E-state index contributed by atoms with van der Waals surface area (Å²) in [4.78, 5) is 24.6. The standard InChI is InChI=1S/C29H41N3O5SSi/c1-22(33)30-26-13-9-8-12-25(26)18-24-14-15-27(28(19-24)37-21-23-10-6-5-7-11-23)32-20-29(34)31(38(32,35)36)16-17-39(2,3)4/h5-7,10-11,14-15,19,25-26H,8-9,12-13,16-18,20-21H2,1-4H3,(H,30,33). The van der Waals surface area contributed by atoms with Gasteiger partial charge in [-0.3, -0.25) is 9.59 Å². The van der Waals surface area contributed by atoms with E-state index in [9.17, 15) is 18.0 Å². The zero-order valence-corrected chi connectivity index (χ0v) is 25.3. The van der Waals surface area contributed by atoms with E-state index in [1.54, 1.807) is 13.0 Å². The minimum absolute atomic E-state index is 0.0169. The Hall–Kier alpha value is -2.85. The second-order valence-electron chi connectivity index (χ2n) is 11.9. The molecule has 2 unspecified atom stereocenters. The first-order valence-electron chi connectivity index (χ1n) is 13.8. The Kier molecular flexibility index (Phi) is 9.06. The number of hydrogen-bond donors (Lipinski definition) is 1. The van der Waals surface area contributed by atoms with E-state index >= 15 is 0 Å². The van der Waals surface area contributed by atoms with Crippen molar-refractivity contribution in [1.82, 2.24) is 9.62 Å². The predicted molar refractivity (Wildman–Crippen MR) is 157 cm³/mol. The summed E-state index contributed by atoms with van der Waals surface area (Å²) in [6, 6.07) is 16.1. The summed E-state index contributed by atoms with van der Waals surface area (Å²) in [6.07, 6.45) is 4.95. The Morgan fingerprint density at radius 3 is 2.46 bits per heavy atom. The molecule has 1 heterocycles. The number of carbonyl (C=O) groups is 2. The Morgan fingerprint density at radius 1 is 1.05 bits per heavy atom. The summed E-state index contributed by atoms with van der Waals surface area (Å²) < 4.78 is 35.5. The molecule has 0 aromatic heterocycles. The van der Waals surface area contributed by atoms with E-state index in [0.29, 0.717) is 23.4 Å². The fourth-order valence-corrected chi connectivity index (χ4v) is 7.97. The highest BCUT2D eigenvalue weighted by atomic mass is 32.2. The zero-order chi connectivity index (χ0) is 28.2. The molecule has 2 fully saturated rings. The monoisotopic (exact) mass is 571 g/mol. The Morgan fingerprint density at radius 2 is 1.77 bits per heavy atom. The van der Waals surface area contributed by atoms with Crippen molar-refractivity contribution in [1.29, 1.82) is 0 Å². The molecule has 1 saturated heterocycles. The van der Waals surface area contributed by atoms with Gasteiger partial charge in [0.1, 0.15) is 18.9 Å². The topological polar surface area (TPSA) is 96.0 Å². The van der Waals surface area contributed by atoms with E-state index in [4.69, 9.17) is 4.74 Å². The van der Waals surface area contributed by atoms with Gasteiger partial charge in [-0.15, -0.1) is 0 Å². The second-order valence-corrected chi connectivity index (χ2v) is 19.3. The number of rotatable bonds is 10. The smallest absolute Gasteiger partial charge is 0.329 e. The lowest BCUT2D eigenvalue weighted by Gasteiger charge is -2.32. The van der Waals surface area contributed by atoms with Crippen LogP contribution in [0.15, 0.2) is 48.5 Å². The highest BCUT2D eigenvalue weighted by Crippen LogP contribution is 2.37. The molecule has 2 aliphatic rings. The number of hydrogen-bond acceptors (Lipinski definition) is 5. The van der Waals surface area contributed by atoms with Gasteiger partial charge in [0.2, 0.25) is 5.91 Å². The fraction of sp³-hybridized carbons (Fsp3) is 0.517. The largest absolute Gasteiger partial charge is 0.487 e. The highest BCUT2D eigenvalue weighted by Gasteiger charge is 2.44. The lowest BCUT2D eigenvalue weighted by atomic mass is 9.80. The molecule has 1 aliphatic carbocycles. The number of nitrogens with one attached hydrogen (secondary N) is 1. The lowest BCUT2D eigenvalue weighted by Crippen LogP contribution is -2.41. The second kappa shape index (κ2) is 12.1. The van der Waals surface area contributed by atoms with E-state index < -0.39 is 24.2 Å². The van der Waals surface area contributed by atoms with E-state index in [1.807, 2.05) is 42.5 Å². The van der Waals surface area contributed by atoms with Crippen molar-refractivity contribution < 1.29 is 22.7 Å². The minimum atomic E-state index is -4.01. The van der Waals surface area contributed by atoms with Crippen LogP contribution in [0.2, 0.25) is 25.7 Å². The average Bonchev–Trinajstić information content (AvgIpc) is 3.10. The normalized spacial score (nSPS) is 21.2. The van der Waals surface area contributed by atoms with Gasteiger partial charge in [-0.2, -0.15) is 8.42 Å². The molecule has 1 N–H and O–H groups in total. The van der Waals surface area contributed by atoms with Gasteiger partial charge in [0.25, 0.3) is 5.91 Å². The molecule has 1 saturated carbocycles. The number of nitrogens with zero attached hydrogens (tertiary/aromatic N) is 2. The van der Waals surface area contributed by atoms with Crippen LogP contribution >= 0.6 is 0 Å². The van der Waals surface area contributed by atoms with Gasteiger partial charge >= 0.3 is 10.2 Å². The van der Waals surface area contributed by atoms with Crippen LogP contribution in [0.4, 0.5) is 5.69 Å². The number of anilines is 1. The van der Waals surface area contributed by atoms with Crippen LogP contribution in [-0.4, -0.2) is 51.7 Å². The maximum Gasteiger partial charge on any atom is 0.329 e. The summed E-state index contributed by atoms with van der Waals surface area (Å²) in [5.41, 5.74) is 2.35. The van der Waals surface area contributed by atoms with Crippen molar-refractivity contribution in [3.05, 3.63) is 59.7 Å². The van der Waals surface area contributed by atoms with Crippen molar-refractivity contribution in [2.24, 2.45) is 5.92 Å². The Labute approximate surface area is 233 Å². The molecule has 2 aromatic rings. The number of benzene rings is 2. The molecule has 0 bridgehead atoms. The van der Waals surface area contributed by atoms with Crippen molar-refractivity contribution in [3.8, 4) is 5.75 Å². The lowest BCUT2D eigenvalue weighted by molar-refractivity contribution is -0.124. The maximum atomic E-state index is 13.5. The molecular formula is C29H41N3O5SSi. The molecule has 0 radical (unpaired) electrons. The van der Waals surface area contributed by atoms with Crippen LogP contribution in [0.25, 0.3) is 0 Å². The van der Waals surface area contributed by atoms with E-state index in [1.165, 1.54) is 4.31 Å². The van der Waals surface area contributed by atoms with Crippen molar-refractivity contribution >= 4 is 35.8 Å². The number of carbonyl (C=O) groups excluding carboxylic acids is 2. The summed E-state index contributed by atoms with van der Waals surface area (Å²) >= 11 is 0. The van der Waals surface area contributed by atoms with Crippen molar-refractivity contribution in [2.45, 2.75) is 77.4 Å². The third-order valence-corrected chi connectivity index (χ3v) is 11.1. The highest BCUT2D eigenvalue weighted by molar-refractivity contribution is 7.91. The third-order valence-electron chi connectivity index (χ3n) is 7.50. The zero-order valence-electron chi connectivity index (χ0n) is 23.5. The Balaban J connectivity index is 1.62. The van der Waals surface area contributed by atoms with Gasteiger partial charge < -0.3 is 10.1 Å². The maximum absolute atomic E-state index is 13.5. The first-order valence-corrected chi connectivity index (χ1v) is 18.9. The van der Waals surface area contributed by atoms with Gasteiger partial charge in [-0.25, -0.2) is 8.61 Å². The van der Waals surface area contributed by atoms with E-state index in [0.717, 1.165) is 47.5 Å². The molecule has 2 atom stereocenters. The Bertz CT molecular complexity index is 1280. The quantitative estimate of drug-likeness (QED) is 0.416. The van der Waals surface area contributed by atoms with Gasteiger partial charge in [0.05, 0.1) is 5.69 Å².